The lowest BCUT2D eigenvalue weighted by atomic mass is 10.1. The van der Waals surface area contributed by atoms with Gasteiger partial charge in [0.1, 0.15) is 0 Å². The lowest BCUT2D eigenvalue weighted by molar-refractivity contribution is 0.579. The molecule has 0 aliphatic heterocycles. The first-order valence-electron chi connectivity index (χ1n) is 8.91. The van der Waals surface area contributed by atoms with Gasteiger partial charge >= 0.3 is 0 Å². The third-order valence-corrected chi connectivity index (χ3v) is 5.98. The van der Waals surface area contributed by atoms with Crippen LogP contribution in [0.2, 0.25) is 5.02 Å². The molecule has 0 aliphatic rings. The number of hydrogen-bond acceptors (Lipinski definition) is 4. The first-order chi connectivity index (χ1) is 13.5. The Bertz CT molecular complexity index is 1080. The quantitative estimate of drug-likeness (QED) is 0.548. The van der Waals surface area contributed by atoms with Gasteiger partial charge in [-0.25, -0.2) is 13.1 Å². The summed E-state index contributed by atoms with van der Waals surface area (Å²) in [5.74, 6) is 0. The molecule has 5 nitrogen and oxygen atoms in total. The summed E-state index contributed by atoms with van der Waals surface area (Å²) in [5, 5.41) is 5.42. The summed E-state index contributed by atoms with van der Waals surface area (Å²) in [4.78, 5) is 4.31. The van der Waals surface area contributed by atoms with Crippen molar-refractivity contribution in [3.63, 3.8) is 0 Å². The fraction of sp³-hybridized carbons (Fsp3) is 0.190. The standard InChI is InChI=1S/C21H22ClN3O2S/c1-16(13-17-5-7-19(22)8-6-17)14-24-11-12-25-28(26,27)21-4-2-3-18-15-23-10-9-20(18)21/h2-10,13,15,24-25H,11-12,14H2,1H3. The molecule has 0 unspecified atom stereocenters. The van der Waals surface area contributed by atoms with E-state index in [1.807, 2.05) is 37.3 Å². The average molecular weight is 416 g/mol. The highest BCUT2D eigenvalue weighted by molar-refractivity contribution is 7.89. The van der Waals surface area contributed by atoms with Crippen LogP contribution in [0.3, 0.4) is 0 Å². The Labute approximate surface area is 170 Å². The van der Waals surface area contributed by atoms with Crippen molar-refractivity contribution in [3.05, 3.63) is 77.1 Å². The monoisotopic (exact) mass is 415 g/mol. The van der Waals surface area contributed by atoms with E-state index < -0.39 is 10.0 Å². The van der Waals surface area contributed by atoms with Gasteiger partial charge in [0.25, 0.3) is 0 Å². The average Bonchev–Trinajstić information content (AvgIpc) is 2.69. The predicted molar refractivity (Wildman–Crippen MR) is 115 cm³/mol. The Kier molecular flexibility index (Phi) is 6.80. The number of sulfonamides is 1. The van der Waals surface area contributed by atoms with E-state index in [4.69, 9.17) is 11.6 Å². The molecule has 2 N–H and O–H groups in total. The van der Waals surface area contributed by atoms with Gasteiger partial charge in [0.2, 0.25) is 10.0 Å². The van der Waals surface area contributed by atoms with Gasteiger partial charge < -0.3 is 5.32 Å². The Balaban J connectivity index is 1.52. The summed E-state index contributed by atoms with van der Waals surface area (Å²) in [5.41, 5.74) is 2.22. The summed E-state index contributed by atoms with van der Waals surface area (Å²) in [7, 11) is -3.59. The summed E-state index contributed by atoms with van der Waals surface area (Å²) in [6.45, 7) is 3.52. The molecule has 1 heterocycles. The number of nitrogens with one attached hydrogen (secondary N) is 2. The third kappa shape index (κ3) is 5.39. The van der Waals surface area contributed by atoms with Gasteiger partial charge in [-0.1, -0.05) is 47.5 Å². The van der Waals surface area contributed by atoms with Crippen molar-refractivity contribution >= 4 is 38.5 Å². The van der Waals surface area contributed by atoms with Crippen LogP contribution in [0, 0.1) is 0 Å². The molecule has 0 radical (unpaired) electrons. The van der Waals surface area contributed by atoms with Crippen LogP contribution in [0.5, 0.6) is 0 Å². The fourth-order valence-corrected chi connectivity index (χ4v) is 4.24. The van der Waals surface area contributed by atoms with Gasteiger partial charge in [0.15, 0.2) is 0 Å². The molecule has 0 spiro atoms. The number of rotatable bonds is 8. The molecule has 0 atom stereocenters. The summed E-state index contributed by atoms with van der Waals surface area (Å²) in [6, 6.07) is 14.5. The minimum atomic E-state index is -3.59. The third-order valence-electron chi connectivity index (χ3n) is 4.21. The van der Waals surface area contributed by atoms with Crippen molar-refractivity contribution in [2.75, 3.05) is 19.6 Å². The van der Waals surface area contributed by atoms with Crippen molar-refractivity contribution < 1.29 is 8.42 Å². The number of fused-ring (bicyclic) bond motifs is 1. The molecule has 0 saturated heterocycles. The van der Waals surface area contributed by atoms with Crippen molar-refractivity contribution in [2.24, 2.45) is 0 Å². The number of nitrogens with zero attached hydrogens (tertiary/aromatic N) is 1. The Morgan fingerprint density at radius 3 is 2.68 bits per heavy atom. The first-order valence-corrected chi connectivity index (χ1v) is 10.8. The molecule has 0 bridgehead atoms. The summed E-state index contributed by atoms with van der Waals surface area (Å²) < 4.78 is 27.9. The molecule has 0 saturated carbocycles. The number of hydrogen-bond donors (Lipinski definition) is 2. The summed E-state index contributed by atoms with van der Waals surface area (Å²) >= 11 is 5.89. The summed E-state index contributed by atoms with van der Waals surface area (Å²) in [6.07, 6.45) is 5.32. The SMILES string of the molecule is CC(=Cc1ccc(Cl)cc1)CNCCNS(=O)(=O)c1cccc2cnccc12. The molecule has 28 heavy (non-hydrogen) atoms. The zero-order valence-corrected chi connectivity index (χ0v) is 17.1. The molecule has 0 amide bonds. The predicted octanol–water partition coefficient (Wildman–Crippen LogP) is 3.86. The van der Waals surface area contributed by atoms with Crippen LogP contribution in [-0.2, 0) is 10.0 Å². The smallest absolute Gasteiger partial charge is 0.241 e. The molecule has 7 heteroatoms. The first kappa shape index (κ1) is 20.5. The van der Waals surface area contributed by atoms with Gasteiger partial charge in [0.05, 0.1) is 4.90 Å². The number of halogens is 1. The van der Waals surface area contributed by atoms with E-state index in [0.717, 1.165) is 16.5 Å². The number of pyridine rings is 1. The largest absolute Gasteiger partial charge is 0.312 e. The number of benzene rings is 2. The van der Waals surface area contributed by atoms with Gasteiger partial charge in [-0.3, -0.25) is 4.98 Å². The van der Waals surface area contributed by atoms with Crippen LogP contribution in [-0.4, -0.2) is 33.0 Å². The molecule has 0 aliphatic carbocycles. The topological polar surface area (TPSA) is 71.1 Å². The highest BCUT2D eigenvalue weighted by atomic mass is 35.5. The van der Waals surface area contributed by atoms with Crippen LogP contribution < -0.4 is 10.0 Å². The van der Waals surface area contributed by atoms with E-state index in [0.29, 0.717) is 30.0 Å². The maximum absolute atomic E-state index is 12.6. The second-order valence-electron chi connectivity index (χ2n) is 6.47. The normalized spacial score (nSPS) is 12.4. The molecule has 2 aromatic carbocycles. The maximum Gasteiger partial charge on any atom is 0.241 e. The van der Waals surface area contributed by atoms with E-state index in [2.05, 4.69) is 21.1 Å². The Morgan fingerprint density at radius 1 is 1.11 bits per heavy atom. The molecule has 146 valence electrons. The van der Waals surface area contributed by atoms with E-state index in [1.54, 1.807) is 30.6 Å². The van der Waals surface area contributed by atoms with Gasteiger partial charge in [-0.05, 0) is 36.8 Å². The van der Waals surface area contributed by atoms with Crippen molar-refractivity contribution in [2.45, 2.75) is 11.8 Å². The molecule has 3 aromatic rings. The van der Waals surface area contributed by atoms with Crippen molar-refractivity contribution in [1.29, 1.82) is 0 Å². The van der Waals surface area contributed by atoms with Crippen molar-refractivity contribution in [1.82, 2.24) is 15.0 Å². The Morgan fingerprint density at radius 2 is 1.89 bits per heavy atom. The van der Waals surface area contributed by atoms with E-state index in [-0.39, 0.29) is 4.90 Å². The maximum atomic E-state index is 12.6. The van der Waals surface area contributed by atoms with Crippen LogP contribution in [0.25, 0.3) is 16.8 Å². The molecular formula is C21H22ClN3O2S. The van der Waals surface area contributed by atoms with Crippen LogP contribution in [0.4, 0.5) is 0 Å². The van der Waals surface area contributed by atoms with Gasteiger partial charge in [-0.15, -0.1) is 0 Å². The minimum absolute atomic E-state index is 0.270. The highest BCUT2D eigenvalue weighted by Crippen LogP contribution is 2.21. The minimum Gasteiger partial charge on any atom is -0.312 e. The fourth-order valence-electron chi connectivity index (χ4n) is 2.86. The van der Waals surface area contributed by atoms with Crippen LogP contribution >= 0.6 is 11.6 Å². The molecule has 0 fully saturated rings. The van der Waals surface area contributed by atoms with Gasteiger partial charge in [0, 0.05) is 47.8 Å². The molecule has 3 rings (SSSR count). The Hall–Kier alpha value is -2.25. The molecule has 1 aromatic heterocycles. The zero-order chi connectivity index (χ0) is 20.0. The van der Waals surface area contributed by atoms with Crippen molar-refractivity contribution in [3.8, 4) is 0 Å². The number of aromatic nitrogens is 1. The van der Waals surface area contributed by atoms with Gasteiger partial charge in [-0.2, -0.15) is 0 Å². The molecular weight excluding hydrogens is 394 g/mol. The second-order valence-corrected chi connectivity index (χ2v) is 8.64. The second kappa shape index (κ2) is 9.30. The highest BCUT2D eigenvalue weighted by Gasteiger charge is 2.16. The van der Waals surface area contributed by atoms with E-state index in [1.165, 1.54) is 0 Å². The lowest BCUT2D eigenvalue weighted by Crippen LogP contribution is -2.32. The van der Waals surface area contributed by atoms with E-state index in [9.17, 15) is 8.42 Å². The van der Waals surface area contributed by atoms with Crippen LogP contribution in [0.1, 0.15) is 12.5 Å². The van der Waals surface area contributed by atoms with Crippen LogP contribution in [0.15, 0.2) is 71.4 Å². The zero-order valence-electron chi connectivity index (χ0n) is 15.5. The van der Waals surface area contributed by atoms with E-state index >= 15 is 0 Å². The lowest BCUT2D eigenvalue weighted by Gasteiger charge is -2.10.